The lowest BCUT2D eigenvalue weighted by atomic mass is 10.0. The van der Waals surface area contributed by atoms with Crippen LogP contribution in [-0.4, -0.2) is 14.8 Å². The van der Waals surface area contributed by atoms with Crippen molar-refractivity contribution in [1.82, 2.24) is 14.8 Å². The Morgan fingerprint density at radius 3 is 2.71 bits per heavy atom. The molecule has 1 aromatic heterocycles. The third kappa shape index (κ3) is 1.86. The first-order valence-corrected chi connectivity index (χ1v) is 6.24. The van der Waals surface area contributed by atoms with Crippen LogP contribution in [0.4, 0.5) is 0 Å². The van der Waals surface area contributed by atoms with Gasteiger partial charge in [0.25, 0.3) is 0 Å². The van der Waals surface area contributed by atoms with E-state index in [-0.39, 0.29) is 0 Å². The average molecular weight is 227 g/mol. The fourth-order valence-electron chi connectivity index (χ4n) is 2.32. The molecule has 0 saturated carbocycles. The van der Waals surface area contributed by atoms with Gasteiger partial charge in [-0.25, -0.2) is 9.67 Å². The molecule has 17 heavy (non-hydrogen) atoms. The van der Waals surface area contributed by atoms with Crippen LogP contribution < -0.4 is 0 Å². The van der Waals surface area contributed by atoms with Crippen LogP contribution in [0.25, 0.3) is 0 Å². The summed E-state index contributed by atoms with van der Waals surface area (Å²) in [5.74, 6) is 2.49. The van der Waals surface area contributed by atoms with Gasteiger partial charge >= 0.3 is 0 Å². The molecule has 0 N–H and O–H groups in total. The van der Waals surface area contributed by atoms with Crippen molar-refractivity contribution in [3.63, 3.8) is 0 Å². The Hall–Kier alpha value is -1.64. The lowest BCUT2D eigenvalue weighted by Gasteiger charge is -2.03. The number of hydrogen-bond acceptors (Lipinski definition) is 2. The predicted molar refractivity (Wildman–Crippen MR) is 67.1 cm³/mol. The summed E-state index contributed by atoms with van der Waals surface area (Å²) in [6.07, 6.45) is 1.97. The lowest BCUT2D eigenvalue weighted by Crippen LogP contribution is -2.04. The average Bonchev–Trinajstić information content (AvgIpc) is 2.64. The smallest absolute Gasteiger partial charge is 0.153 e. The molecule has 88 valence electrons. The van der Waals surface area contributed by atoms with Gasteiger partial charge in [0.15, 0.2) is 5.82 Å². The summed E-state index contributed by atoms with van der Waals surface area (Å²) in [6.45, 7) is 5.23. The van der Waals surface area contributed by atoms with Crippen LogP contribution in [0.3, 0.4) is 0 Å². The molecule has 1 aliphatic heterocycles. The van der Waals surface area contributed by atoms with E-state index in [9.17, 15) is 0 Å². The fraction of sp³-hybridized carbons (Fsp3) is 0.429. The van der Waals surface area contributed by atoms with Crippen molar-refractivity contribution in [2.45, 2.75) is 39.2 Å². The van der Waals surface area contributed by atoms with Crippen molar-refractivity contribution in [2.75, 3.05) is 0 Å². The monoisotopic (exact) mass is 227 g/mol. The topological polar surface area (TPSA) is 30.7 Å². The summed E-state index contributed by atoms with van der Waals surface area (Å²) in [5.41, 5.74) is 2.83. The molecule has 3 heteroatoms. The van der Waals surface area contributed by atoms with Crippen molar-refractivity contribution in [2.24, 2.45) is 0 Å². The molecule has 0 amide bonds. The maximum Gasteiger partial charge on any atom is 0.153 e. The number of fused-ring (bicyclic) bond motifs is 2. The van der Waals surface area contributed by atoms with Crippen LogP contribution in [0.15, 0.2) is 24.3 Å². The molecule has 0 radical (unpaired) electrons. The Morgan fingerprint density at radius 1 is 1.18 bits per heavy atom. The first kappa shape index (κ1) is 10.5. The third-order valence-corrected chi connectivity index (χ3v) is 3.34. The number of benzene rings is 1. The Labute approximate surface area is 101 Å². The molecule has 2 aromatic rings. The summed E-state index contributed by atoms with van der Waals surface area (Å²) in [5, 5.41) is 4.60. The standard InChI is InChI=1S/C14H17N3/c1-10(2)14-15-13-9-12-6-4-3-5-11(12)7-8-17(13)16-14/h3-6,10H,7-9H2,1-2H3. The molecule has 1 aliphatic rings. The Bertz CT molecular complexity index is 540. The van der Waals surface area contributed by atoms with Gasteiger partial charge in [0.05, 0.1) is 0 Å². The first-order valence-electron chi connectivity index (χ1n) is 6.24. The molecule has 0 spiro atoms. The summed E-state index contributed by atoms with van der Waals surface area (Å²) in [7, 11) is 0. The molecule has 0 bridgehead atoms. The molecule has 3 nitrogen and oxygen atoms in total. The molecule has 0 aliphatic carbocycles. The maximum absolute atomic E-state index is 4.66. The normalized spacial score (nSPS) is 14.3. The zero-order valence-electron chi connectivity index (χ0n) is 10.3. The highest BCUT2D eigenvalue weighted by atomic mass is 15.3. The van der Waals surface area contributed by atoms with Crippen molar-refractivity contribution >= 4 is 0 Å². The van der Waals surface area contributed by atoms with E-state index < -0.39 is 0 Å². The zero-order valence-corrected chi connectivity index (χ0v) is 10.3. The van der Waals surface area contributed by atoms with Crippen LogP contribution in [-0.2, 0) is 19.4 Å². The minimum absolute atomic E-state index is 0.407. The van der Waals surface area contributed by atoms with Crippen LogP contribution in [0.1, 0.15) is 42.5 Å². The van der Waals surface area contributed by atoms with Gasteiger partial charge in [-0.3, -0.25) is 0 Å². The predicted octanol–water partition coefficient (Wildman–Crippen LogP) is 2.55. The van der Waals surface area contributed by atoms with Crippen molar-refractivity contribution in [3.8, 4) is 0 Å². The summed E-state index contributed by atoms with van der Waals surface area (Å²) < 4.78 is 2.08. The highest BCUT2D eigenvalue weighted by Gasteiger charge is 2.17. The van der Waals surface area contributed by atoms with Gasteiger partial charge in [-0.15, -0.1) is 0 Å². The van der Waals surface area contributed by atoms with Crippen LogP contribution >= 0.6 is 0 Å². The van der Waals surface area contributed by atoms with Gasteiger partial charge in [0.1, 0.15) is 5.82 Å². The van der Waals surface area contributed by atoms with E-state index in [1.165, 1.54) is 11.1 Å². The van der Waals surface area contributed by atoms with E-state index in [1.54, 1.807) is 0 Å². The number of hydrogen-bond donors (Lipinski definition) is 0. The van der Waals surface area contributed by atoms with E-state index in [4.69, 9.17) is 0 Å². The van der Waals surface area contributed by atoms with E-state index in [2.05, 4.69) is 52.9 Å². The molecule has 1 aromatic carbocycles. The van der Waals surface area contributed by atoms with E-state index in [1.807, 2.05) is 0 Å². The van der Waals surface area contributed by atoms with Crippen LogP contribution in [0.2, 0.25) is 0 Å². The lowest BCUT2D eigenvalue weighted by molar-refractivity contribution is 0.588. The highest BCUT2D eigenvalue weighted by Crippen LogP contribution is 2.20. The van der Waals surface area contributed by atoms with Gasteiger partial charge in [-0.05, 0) is 17.5 Å². The molecule has 0 saturated heterocycles. The molecule has 2 heterocycles. The number of nitrogens with zero attached hydrogens (tertiary/aromatic N) is 3. The zero-order chi connectivity index (χ0) is 11.8. The maximum atomic E-state index is 4.66. The van der Waals surface area contributed by atoms with Crippen LogP contribution in [0, 0.1) is 0 Å². The van der Waals surface area contributed by atoms with E-state index >= 15 is 0 Å². The minimum atomic E-state index is 0.407. The summed E-state index contributed by atoms with van der Waals surface area (Å²) in [4.78, 5) is 4.66. The Balaban J connectivity index is 2.01. The summed E-state index contributed by atoms with van der Waals surface area (Å²) >= 11 is 0. The minimum Gasteiger partial charge on any atom is -0.249 e. The molecule has 0 atom stereocenters. The van der Waals surface area contributed by atoms with Gasteiger partial charge in [0.2, 0.25) is 0 Å². The van der Waals surface area contributed by atoms with Crippen molar-refractivity contribution < 1.29 is 0 Å². The van der Waals surface area contributed by atoms with Crippen LogP contribution in [0.5, 0.6) is 0 Å². The molecule has 0 fully saturated rings. The summed E-state index contributed by atoms with van der Waals surface area (Å²) in [6, 6.07) is 8.63. The SMILES string of the molecule is CC(C)c1nc2n(n1)CCc1ccccc1C2. The molecular formula is C14H17N3. The fourth-order valence-corrected chi connectivity index (χ4v) is 2.32. The number of aryl methyl sites for hydroxylation is 2. The second kappa shape index (κ2) is 3.99. The second-order valence-corrected chi connectivity index (χ2v) is 4.96. The quantitative estimate of drug-likeness (QED) is 0.749. The number of aromatic nitrogens is 3. The highest BCUT2D eigenvalue weighted by molar-refractivity contribution is 5.31. The van der Waals surface area contributed by atoms with Gasteiger partial charge in [0, 0.05) is 18.9 Å². The third-order valence-electron chi connectivity index (χ3n) is 3.34. The van der Waals surface area contributed by atoms with E-state index in [0.717, 1.165) is 31.0 Å². The second-order valence-electron chi connectivity index (χ2n) is 4.96. The van der Waals surface area contributed by atoms with E-state index in [0.29, 0.717) is 5.92 Å². The molecule has 0 unspecified atom stereocenters. The van der Waals surface area contributed by atoms with Gasteiger partial charge in [-0.1, -0.05) is 38.1 Å². The first-order chi connectivity index (χ1) is 8.24. The largest absolute Gasteiger partial charge is 0.249 e. The van der Waals surface area contributed by atoms with Crippen molar-refractivity contribution in [3.05, 3.63) is 47.0 Å². The molecule has 3 rings (SSSR count). The molecular weight excluding hydrogens is 210 g/mol. The number of rotatable bonds is 1. The Kier molecular flexibility index (Phi) is 2.46. The Morgan fingerprint density at radius 2 is 1.94 bits per heavy atom. The van der Waals surface area contributed by atoms with Gasteiger partial charge < -0.3 is 0 Å². The van der Waals surface area contributed by atoms with Crippen molar-refractivity contribution in [1.29, 1.82) is 0 Å². The van der Waals surface area contributed by atoms with Gasteiger partial charge in [-0.2, -0.15) is 5.10 Å².